The van der Waals surface area contributed by atoms with Crippen molar-refractivity contribution < 1.29 is 0 Å². The summed E-state index contributed by atoms with van der Waals surface area (Å²) >= 11 is 0. The molecule has 0 spiro atoms. The first kappa shape index (κ1) is 22.8. The Kier molecular flexibility index (Phi) is 5.13. The van der Waals surface area contributed by atoms with Gasteiger partial charge in [-0.25, -0.2) is 0 Å². The van der Waals surface area contributed by atoms with E-state index >= 15 is 0 Å². The van der Waals surface area contributed by atoms with Crippen molar-refractivity contribution >= 4 is 10.8 Å². The van der Waals surface area contributed by atoms with Gasteiger partial charge in [0.1, 0.15) is 0 Å². The summed E-state index contributed by atoms with van der Waals surface area (Å²) in [7, 11) is 0. The van der Waals surface area contributed by atoms with Crippen molar-refractivity contribution in [2.45, 2.75) is 26.2 Å². The molecule has 7 rings (SSSR count). The summed E-state index contributed by atoms with van der Waals surface area (Å²) in [6, 6.07) is 46.9. The Hall–Kier alpha value is -4.42. The zero-order valence-electron chi connectivity index (χ0n) is 22.1. The van der Waals surface area contributed by atoms with E-state index in [-0.39, 0.29) is 5.41 Å². The largest absolute Gasteiger partial charge is 0.0622 e. The summed E-state index contributed by atoms with van der Waals surface area (Å²) < 4.78 is 0. The van der Waals surface area contributed by atoms with Gasteiger partial charge >= 0.3 is 0 Å². The van der Waals surface area contributed by atoms with Crippen LogP contribution in [0.3, 0.4) is 0 Å². The Bertz CT molecular complexity index is 1760. The third kappa shape index (κ3) is 3.52. The van der Waals surface area contributed by atoms with E-state index in [0.29, 0.717) is 0 Å². The van der Waals surface area contributed by atoms with Crippen molar-refractivity contribution in [3.8, 4) is 44.5 Å². The van der Waals surface area contributed by atoms with Crippen LogP contribution < -0.4 is 0 Å². The molecule has 182 valence electrons. The maximum absolute atomic E-state index is 2.48. The fourth-order valence-corrected chi connectivity index (χ4v) is 6.31. The van der Waals surface area contributed by atoms with E-state index in [2.05, 4.69) is 148 Å². The minimum Gasteiger partial charge on any atom is -0.0622 e. The standard InChI is InChI=1S/C38H30/c1-25-18-19-33-35(20-25)38(2,3)36-24-34(31-16-10-11-17-32(31)37(33)36)30-22-28(26-12-6-4-7-13-26)21-29(23-30)27-14-8-5-9-15-27/h4-24H,1-3H3. The average Bonchev–Trinajstić information content (AvgIpc) is 3.19. The molecule has 0 saturated carbocycles. The van der Waals surface area contributed by atoms with E-state index < -0.39 is 0 Å². The summed E-state index contributed by atoms with van der Waals surface area (Å²) in [6.45, 7) is 6.96. The molecule has 0 radical (unpaired) electrons. The molecule has 0 N–H and O–H groups in total. The van der Waals surface area contributed by atoms with E-state index in [0.717, 1.165) is 0 Å². The summed E-state index contributed by atoms with van der Waals surface area (Å²) in [5, 5.41) is 2.64. The summed E-state index contributed by atoms with van der Waals surface area (Å²) in [4.78, 5) is 0. The smallest absolute Gasteiger partial charge is 0.0159 e. The zero-order chi connectivity index (χ0) is 25.9. The number of rotatable bonds is 3. The molecule has 0 aromatic heterocycles. The van der Waals surface area contributed by atoms with Crippen LogP contribution in [0.4, 0.5) is 0 Å². The molecule has 0 unspecified atom stereocenters. The highest BCUT2D eigenvalue weighted by atomic mass is 14.4. The highest BCUT2D eigenvalue weighted by Gasteiger charge is 2.37. The molecule has 0 saturated heterocycles. The summed E-state index contributed by atoms with van der Waals surface area (Å²) in [5.74, 6) is 0. The van der Waals surface area contributed by atoms with E-state index in [1.807, 2.05) is 0 Å². The molecule has 0 heteroatoms. The second-order valence-corrected chi connectivity index (χ2v) is 11.1. The van der Waals surface area contributed by atoms with Gasteiger partial charge in [0.2, 0.25) is 0 Å². The number of hydrogen-bond donors (Lipinski definition) is 0. The van der Waals surface area contributed by atoms with E-state index in [9.17, 15) is 0 Å². The van der Waals surface area contributed by atoms with Gasteiger partial charge in [0, 0.05) is 5.41 Å². The van der Waals surface area contributed by atoms with Crippen LogP contribution in [0, 0.1) is 6.92 Å². The lowest BCUT2D eigenvalue weighted by molar-refractivity contribution is 0.660. The van der Waals surface area contributed by atoms with Crippen molar-refractivity contribution in [3.63, 3.8) is 0 Å². The van der Waals surface area contributed by atoms with Crippen LogP contribution >= 0.6 is 0 Å². The van der Waals surface area contributed by atoms with Crippen LogP contribution in [0.2, 0.25) is 0 Å². The second kappa shape index (κ2) is 8.57. The van der Waals surface area contributed by atoms with Crippen LogP contribution in [-0.4, -0.2) is 0 Å². The van der Waals surface area contributed by atoms with Gasteiger partial charge in [0.25, 0.3) is 0 Å². The van der Waals surface area contributed by atoms with Crippen LogP contribution in [0.1, 0.15) is 30.5 Å². The van der Waals surface area contributed by atoms with Gasteiger partial charge in [0.05, 0.1) is 0 Å². The van der Waals surface area contributed by atoms with Crippen LogP contribution in [0.25, 0.3) is 55.3 Å². The first-order valence-electron chi connectivity index (χ1n) is 13.4. The Labute approximate surface area is 225 Å². The van der Waals surface area contributed by atoms with Crippen LogP contribution in [-0.2, 0) is 5.41 Å². The Balaban J connectivity index is 1.54. The molecule has 0 fully saturated rings. The molecule has 6 aromatic rings. The summed E-state index contributed by atoms with van der Waals surface area (Å²) in [5.41, 5.74) is 14.4. The average molecular weight is 487 g/mol. The SMILES string of the molecule is Cc1ccc2c(c1)C(C)(C)c1cc(-c3cc(-c4ccccc4)cc(-c4ccccc4)c3)c3ccccc3c1-2. The highest BCUT2D eigenvalue weighted by molar-refractivity contribution is 6.09. The number of fused-ring (bicyclic) bond motifs is 5. The number of aryl methyl sites for hydroxylation is 1. The molecule has 0 nitrogen and oxygen atoms in total. The molecule has 0 amide bonds. The fourth-order valence-electron chi connectivity index (χ4n) is 6.31. The summed E-state index contributed by atoms with van der Waals surface area (Å²) in [6.07, 6.45) is 0. The molecule has 1 aliphatic rings. The predicted octanol–water partition coefficient (Wildman–Crippen LogP) is 10.5. The van der Waals surface area contributed by atoms with Gasteiger partial charge in [-0.15, -0.1) is 0 Å². The zero-order valence-corrected chi connectivity index (χ0v) is 22.1. The van der Waals surface area contributed by atoms with E-state index in [4.69, 9.17) is 0 Å². The molecule has 6 aromatic carbocycles. The molecule has 1 aliphatic carbocycles. The monoisotopic (exact) mass is 486 g/mol. The lowest BCUT2D eigenvalue weighted by Crippen LogP contribution is -2.15. The maximum Gasteiger partial charge on any atom is 0.0159 e. The second-order valence-electron chi connectivity index (χ2n) is 11.1. The van der Waals surface area contributed by atoms with Crippen molar-refractivity contribution in [1.29, 1.82) is 0 Å². The molecule has 0 heterocycles. The topological polar surface area (TPSA) is 0 Å². The molecular formula is C38H30. The molecule has 0 aliphatic heterocycles. The van der Waals surface area contributed by atoms with Gasteiger partial charge in [0.15, 0.2) is 0 Å². The van der Waals surface area contributed by atoms with Crippen molar-refractivity contribution in [3.05, 3.63) is 144 Å². The first-order chi connectivity index (χ1) is 18.5. The Morgan fingerprint density at radius 2 is 0.974 bits per heavy atom. The van der Waals surface area contributed by atoms with Crippen LogP contribution in [0.5, 0.6) is 0 Å². The van der Waals surface area contributed by atoms with Crippen molar-refractivity contribution in [2.75, 3.05) is 0 Å². The van der Waals surface area contributed by atoms with Gasteiger partial charge in [-0.2, -0.15) is 0 Å². The minimum absolute atomic E-state index is 0.0607. The lowest BCUT2D eigenvalue weighted by atomic mass is 9.80. The molecule has 38 heavy (non-hydrogen) atoms. The lowest BCUT2D eigenvalue weighted by Gasteiger charge is -2.23. The third-order valence-electron chi connectivity index (χ3n) is 8.29. The van der Waals surface area contributed by atoms with Crippen molar-refractivity contribution in [1.82, 2.24) is 0 Å². The highest BCUT2D eigenvalue weighted by Crippen LogP contribution is 2.53. The molecule has 0 atom stereocenters. The van der Waals surface area contributed by atoms with Gasteiger partial charge in [-0.1, -0.05) is 123 Å². The Morgan fingerprint density at radius 3 is 1.61 bits per heavy atom. The first-order valence-corrected chi connectivity index (χ1v) is 13.4. The number of hydrogen-bond acceptors (Lipinski definition) is 0. The van der Waals surface area contributed by atoms with Gasteiger partial charge < -0.3 is 0 Å². The molecular weight excluding hydrogens is 456 g/mol. The minimum atomic E-state index is -0.0607. The predicted molar refractivity (Wildman–Crippen MR) is 163 cm³/mol. The number of benzene rings is 6. The van der Waals surface area contributed by atoms with E-state index in [1.165, 1.54) is 72.0 Å². The fraction of sp³-hybridized carbons (Fsp3) is 0.105. The maximum atomic E-state index is 2.48. The molecule has 0 bridgehead atoms. The quantitative estimate of drug-likeness (QED) is 0.233. The third-order valence-corrected chi connectivity index (χ3v) is 8.29. The van der Waals surface area contributed by atoms with Gasteiger partial charge in [-0.05, 0) is 97.6 Å². The van der Waals surface area contributed by atoms with Gasteiger partial charge in [-0.3, -0.25) is 0 Å². The Morgan fingerprint density at radius 1 is 0.421 bits per heavy atom. The van der Waals surface area contributed by atoms with E-state index in [1.54, 1.807) is 0 Å². The van der Waals surface area contributed by atoms with Crippen molar-refractivity contribution in [2.24, 2.45) is 0 Å². The van der Waals surface area contributed by atoms with Crippen LogP contribution in [0.15, 0.2) is 127 Å². The normalized spacial score (nSPS) is 13.3.